The van der Waals surface area contributed by atoms with Crippen molar-refractivity contribution in [2.45, 2.75) is 46.5 Å². The first kappa shape index (κ1) is 22.2. The van der Waals surface area contributed by atoms with Crippen molar-refractivity contribution in [3.63, 3.8) is 0 Å². The van der Waals surface area contributed by atoms with Crippen molar-refractivity contribution < 1.29 is 13.8 Å². The highest BCUT2D eigenvalue weighted by Crippen LogP contribution is 2.18. The number of amides is 1. The Morgan fingerprint density at radius 3 is 2.41 bits per heavy atom. The van der Waals surface area contributed by atoms with Crippen molar-refractivity contribution in [2.24, 2.45) is 0 Å². The average Bonchev–Trinajstić information content (AvgIpc) is 3.39. The van der Waals surface area contributed by atoms with E-state index in [-0.39, 0.29) is 5.91 Å². The predicted molar refractivity (Wildman–Crippen MR) is 120 cm³/mol. The monoisotopic (exact) mass is 437 g/mol. The Morgan fingerprint density at radius 1 is 0.969 bits per heavy atom. The molecule has 0 unspecified atom stereocenters. The van der Waals surface area contributed by atoms with Gasteiger partial charge in [0.1, 0.15) is 5.76 Å². The first-order valence-electron chi connectivity index (χ1n) is 11.3. The molecule has 0 saturated carbocycles. The summed E-state index contributed by atoms with van der Waals surface area (Å²) in [6.07, 6.45) is 2.91. The van der Waals surface area contributed by atoms with Gasteiger partial charge in [0.2, 0.25) is 17.6 Å². The molecule has 0 atom stereocenters. The number of hydrogen-bond donors (Lipinski definition) is 0. The third-order valence-electron chi connectivity index (χ3n) is 6.14. The van der Waals surface area contributed by atoms with Gasteiger partial charge in [-0.1, -0.05) is 40.1 Å². The fraction of sp³-hybridized carbons (Fsp3) is 0.500. The van der Waals surface area contributed by atoms with Gasteiger partial charge in [-0.3, -0.25) is 9.69 Å². The third-order valence-corrected chi connectivity index (χ3v) is 6.14. The number of aryl methyl sites for hydroxylation is 4. The number of carbonyl (C=O) groups excluding carboxylic acids is 1. The predicted octanol–water partition coefficient (Wildman–Crippen LogP) is 3.36. The van der Waals surface area contributed by atoms with E-state index in [0.29, 0.717) is 24.6 Å². The molecule has 1 aliphatic heterocycles. The van der Waals surface area contributed by atoms with Gasteiger partial charge in [-0.25, -0.2) is 0 Å². The standard InChI is InChI=1S/C24H31N5O3/c1-17-6-8-20(9-7-17)24-25-22(32-27-24)5-4-12-28-13-15-29(16-14-28)23(30)11-10-21-18(2)26-31-19(21)3/h6-9H,4-5,10-16H2,1-3H3. The number of carbonyl (C=O) groups is 1. The van der Waals surface area contributed by atoms with Crippen LogP contribution in [-0.2, 0) is 17.6 Å². The Labute approximate surface area is 188 Å². The number of nitrogens with zero attached hydrogens (tertiary/aromatic N) is 5. The number of benzene rings is 1. The second-order valence-electron chi connectivity index (χ2n) is 8.51. The zero-order valence-electron chi connectivity index (χ0n) is 19.1. The first-order chi connectivity index (χ1) is 15.5. The molecule has 3 heterocycles. The fourth-order valence-electron chi connectivity index (χ4n) is 4.10. The fourth-order valence-corrected chi connectivity index (χ4v) is 4.10. The number of aromatic nitrogens is 3. The molecule has 0 bridgehead atoms. The minimum atomic E-state index is 0.208. The normalized spacial score (nSPS) is 14.8. The summed E-state index contributed by atoms with van der Waals surface area (Å²) >= 11 is 0. The molecule has 1 aromatic carbocycles. The van der Waals surface area contributed by atoms with Crippen LogP contribution >= 0.6 is 0 Å². The van der Waals surface area contributed by atoms with E-state index in [1.54, 1.807) is 0 Å². The molecule has 1 aliphatic rings. The average molecular weight is 438 g/mol. The quantitative estimate of drug-likeness (QED) is 0.534. The lowest BCUT2D eigenvalue weighted by Gasteiger charge is -2.34. The van der Waals surface area contributed by atoms with Crippen LogP contribution in [0.4, 0.5) is 0 Å². The van der Waals surface area contributed by atoms with Gasteiger partial charge in [-0.05, 0) is 40.2 Å². The maximum atomic E-state index is 12.6. The van der Waals surface area contributed by atoms with E-state index in [1.165, 1.54) is 5.56 Å². The molecule has 1 saturated heterocycles. The van der Waals surface area contributed by atoms with Crippen LogP contribution in [0, 0.1) is 20.8 Å². The molecular formula is C24H31N5O3. The lowest BCUT2D eigenvalue weighted by Crippen LogP contribution is -2.48. The number of rotatable bonds is 8. The van der Waals surface area contributed by atoms with Crippen LogP contribution < -0.4 is 0 Å². The minimum Gasteiger partial charge on any atom is -0.361 e. The molecular weight excluding hydrogens is 406 g/mol. The van der Waals surface area contributed by atoms with Crippen molar-refractivity contribution in [1.82, 2.24) is 25.1 Å². The lowest BCUT2D eigenvalue weighted by molar-refractivity contribution is -0.132. The van der Waals surface area contributed by atoms with Gasteiger partial charge in [0.15, 0.2) is 0 Å². The molecule has 8 heteroatoms. The van der Waals surface area contributed by atoms with Gasteiger partial charge in [0.05, 0.1) is 5.69 Å². The number of hydrogen-bond acceptors (Lipinski definition) is 7. The van der Waals surface area contributed by atoms with Crippen molar-refractivity contribution in [3.8, 4) is 11.4 Å². The second-order valence-corrected chi connectivity index (χ2v) is 8.51. The topological polar surface area (TPSA) is 88.5 Å². The Bertz CT molecular complexity index is 1010. The van der Waals surface area contributed by atoms with Gasteiger partial charge in [0.25, 0.3) is 0 Å². The van der Waals surface area contributed by atoms with Crippen LogP contribution in [0.3, 0.4) is 0 Å². The van der Waals surface area contributed by atoms with Crippen molar-refractivity contribution >= 4 is 5.91 Å². The molecule has 1 fully saturated rings. The van der Waals surface area contributed by atoms with Crippen LogP contribution in [0.15, 0.2) is 33.3 Å². The van der Waals surface area contributed by atoms with Crippen LogP contribution in [0.1, 0.15) is 41.3 Å². The molecule has 32 heavy (non-hydrogen) atoms. The van der Waals surface area contributed by atoms with E-state index in [4.69, 9.17) is 9.05 Å². The van der Waals surface area contributed by atoms with E-state index in [2.05, 4.69) is 27.1 Å². The summed E-state index contributed by atoms with van der Waals surface area (Å²) in [5.74, 6) is 2.34. The summed E-state index contributed by atoms with van der Waals surface area (Å²) in [5, 5.41) is 8.07. The molecule has 170 valence electrons. The summed E-state index contributed by atoms with van der Waals surface area (Å²) in [6.45, 7) is 10.2. The molecule has 1 amide bonds. The van der Waals surface area contributed by atoms with E-state index in [9.17, 15) is 4.79 Å². The summed E-state index contributed by atoms with van der Waals surface area (Å²) in [4.78, 5) is 21.5. The molecule has 2 aromatic heterocycles. The minimum absolute atomic E-state index is 0.208. The van der Waals surface area contributed by atoms with E-state index < -0.39 is 0 Å². The van der Waals surface area contributed by atoms with E-state index in [0.717, 1.165) is 68.1 Å². The maximum absolute atomic E-state index is 12.6. The van der Waals surface area contributed by atoms with Gasteiger partial charge in [-0.2, -0.15) is 4.98 Å². The molecule has 0 radical (unpaired) electrons. The molecule has 0 aliphatic carbocycles. The maximum Gasteiger partial charge on any atom is 0.227 e. The van der Waals surface area contributed by atoms with Gasteiger partial charge in [-0.15, -0.1) is 0 Å². The van der Waals surface area contributed by atoms with Crippen molar-refractivity contribution in [3.05, 3.63) is 52.7 Å². The summed E-state index contributed by atoms with van der Waals surface area (Å²) in [6, 6.07) is 8.12. The largest absolute Gasteiger partial charge is 0.361 e. The first-order valence-corrected chi connectivity index (χ1v) is 11.3. The highest BCUT2D eigenvalue weighted by Gasteiger charge is 2.21. The van der Waals surface area contributed by atoms with E-state index >= 15 is 0 Å². The molecule has 3 aromatic rings. The molecule has 0 spiro atoms. The smallest absolute Gasteiger partial charge is 0.227 e. The van der Waals surface area contributed by atoms with Crippen molar-refractivity contribution in [2.75, 3.05) is 32.7 Å². The summed E-state index contributed by atoms with van der Waals surface area (Å²) in [7, 11) is 0. The third kappa shape index (κ3) is 5.43. The Morgan fingerprint density at radius 2 is 1.72 bits per heavy atom. The highest BCUT2D eigenvalue weighted by molar-refractivity contribution is 5.76. The molecule has 0 N–H and O–H groups in total. The zero-order chi connectivity index (χ0) is 22.5. The summed E-state index contributed by atoms with van der Waals surface area (Å²) in [5.41, 5.74) is 4.12. The molecule has 8 nitrogen and oxygen atoms in total. The van der Waals surface area contributed by atoms with Gasteiger partial charge >= 0.3 is 0 Å². The van der Waals surface area contributed by atoms with Gasteiger partial charge < -0.3 is 13.9 Å². The highest BCUT2D eigenvalue weighted by atomic mass is 16.5. The van der Waals surface area contributed by atoms with Gasteiger partial charge in [0, 0.05) is 50.1 Å². The van der Waals surface area contributed by atoms with Crippen LogP contribution in [0.5, 0.6) is 0 Å². The second kappa shape index (κ2) is 10.1. The summed E-state index contributed by atoms with van der Waals surface area (Å²) < 4.78 is 10.6. The van der Waals surface area contributed by atoms with E-state index in [1.807, 2.05) is 43.0 Å². The molecule has 4 rings (SSSR count). The Hall–Kier alpha value is -3.00. The zero-order valence-corrected chi connectivity index (χ0v) is 19.1. The number of piperazine rings is 1. The SMILES string of the molecule is Cc1ccc(-c2noc(CCCN3CCN(C(=O)CCc4c(C)noc4C)CC3)n2)cc1. The van der Waals surface area contributed by atoms with Crippen molar-refractivity contribution in [1.29, 1.82) is 0 Å². The van der Waals surface area contributed by atoms with Crippen LogP contribution in [0.25, 0.3) is 11.4 Å². The Kier molecular flexibility index (Phi) is 6.99. The van der Waals surface area contributed by atoms with Crippen LogP contribution in [-0.4, -0.2) is 63.7 Å². The Balaban J connectivity index is 1.16. The van der Waals surface area contributed by atoms with Crippen LogP contribution in [0.2, 0.25) is 0 Å². The lowest BCUT2D eigenvalue weighted by atomic mass is 10.1.